The van der Waals surface area contributed by atoms with E-state index in [-0.39, 0.29) is 5.82 Å². The predicted octanol–water partition coefficient (Wildman–Crippen LogP) is 3.54. The minimum atomic E-state index is -0.367. The summed E-state index contributed by atoms with van der Waals surface area (Å²) in [6.07, 6.45) is 0. The molecule has 1 heterocycles. The number of hydrogen-bond donors (Lipinski definition) is 0. The van der Waals surface area contributed by atoms with E-state index in [1.54, 1.807) is 12.1 Å². The molecule has 0 amide bonds. The zero-order valence-electron chi connectivity index (χ0n) is 7.70. The fourth-order valence-corrected chi connectivity index (χ4v) is 1.76. The summed E-state index contributed by atoms with van der Waals surface area (Å²) in [5.41, 5.74) is 0. The number of hydrogen-bond acceptors (Lipinski definition) is 4. The van der Waals surface area contributed by atoms with Gasteiger partial charge in [-0.05, 0) is 35.0 Å². The maximum atomic E-state index is 13.1. The van der Waals surface area contributed by atoms with Crippen LogP contribution in [0.25, 0.3) is 0 Å². The van der Waals surface area contributed by atoms with Crippen molar-refractivity contribution in [1.82, 2.24) is 10.2 Å². The van der Waals surface area contributed by atoms with Crippen molar-refractivity contribution in [3.63, 3.8) is 0 Å². The lowest BCUT2D eigenvalue weighted by atomic mass is 10.3. The Kier molecular flexibility index (Phi) is 2.97. The Labute approximate surface area is 98.0 Å². The van der Waals surface area contributed by atoms with Crippen molar-refractivity contribution in [2.75, 3.05) is 0 Å². The summed E-state index contributed by atoms with van der Waals surface area (Å²) in [5, 5.41) is 8.79. The first-order valence-electron chi connectivity index (χ1n) is 4.08. The lowest BCUT2D eigenvalue weighted by Gasteiger charge is -2.01. The summed E-state index contributed by atoms with van der Waals surface area (Å²) >= 11 is 4.38. The zero-order valence-corrected chi connectivity index (χ0v) is 10.1. The number of aryl methyl sites for hydroxylation is 1. The average Bonchev–Trinajstić information content (AvgIpc) is 2.58. The van der Waals surface area contributed by atoms with Gasteiger partial charge in [0.15, 0.2) is 0 Å². The van der Waals surface area contributed by atoms with Gasteiger partial charge < -0.3 is 4.74 Å². The summed E-state index contributed by atoms with van der Waals surface area (Å²) < 4.78 is 18.9. The molecule has 2 rings (SSSR count). The third kappa shape index (κ3) is 2.51. The molecule has 0 atom stereocenters. The molecule has 0 spiro atoms. The number of aromatic nitrogens is 2. The normalized spacial score (nSPS) is 10.3. The molecule has 78 valence electrons. The second-order valence-corrected chi connectivity index (χ2v) is 4.76. The van der Waals surface area contributed by atoms with Crippen molar-refractivity contribution in [1.29, 1.82) is 0 Å². The number of nitrogens with zero attached hydrogens (tertiary/aromatic N) is 2. The highest BCUT2D eigenvalue weighted by molar-refractivity contribution is 9.10. The molecular weight excluding hydrogens is 283 g/mol. The van der Waals surface area contributed by atoms with Crippen LogP contribution >= 0.6 is 27.3 Å². The molecule has 6 heteroatoms. The molecule has 15 heavy (non-hydrogen) atoms. The zero-order chi connectivity index (χ0) is 10.8. The first-order chi connectivity index (χ1) is 7.15. The van der Waals surface area contributed by atoms with E-state index in [0.717, 1.165) is 5.01 Å². The maximum Gasteiger partial charge on any atom is 0.299 e. The molecule has 0 saturated heterocycles. The second-order valence-electron chi connectivity index (χ2n) is 2.76. The quantitative estimate of drug-likeness (QED) is 0.848. The van der Waals surface area contributed by atoms with E-state index < -0.39 is 0 Å². The van der Waals surface area contributed by atoms with Crippen LogP contribution in [0.4, 0.5) is 4.39 Å². The van der Waals surface area contributed by atoms with Gasteiger partial charge in [0.05, 0.1) is 4.47 Å². The van der Waals surface area contributed by atoms with Crippen LogP contribution < -0.4 is 4.74 Å². The van der Waals surface area contributed by atoms with Crippen molar-refractivity contribution in [3.05, 3.63) is 33.5 Å². The van der Waals surface area contributed by atoms with Crippen LogP contribution in [0.3, 0.4) is 0 Å². The van der Waals surface area contributed by atoms with Crippen molar-refractivity contribution in [2.24, 2.45) is 0 Å². The van der Waals surface area contributed by atoms with Crippen molar-refractivity contribution < 1.29 is 9.13 Å². The molecule has 2 aromatic rings. The molecule has 0 radical (unpaired) electrons. The third-order valence-corrected chi connectivity index (χ3v) is 2.96. The van der Waals surface area contributed by atoms with Gasteiger partial charge in [-0.1, -0.05) is 16.4 Å². The standard InChI is InChI=1S/C9H6BrFN2OS/c1-5-12-13-9(15-5)14-6-2-3-7(10)8(11)4-6/h2-4H,1H3. The van der Waals surface area contributed by atoms with Gasteiger partial charge in [-0.2, -0.15) is 0 Å². The minimum Gasteiger partial charge on any atom is -0.430 e. The smallest absolute Gasteiger partial charge is 0.299 e. The molecule has 3 nitrogen and oxygen atoms in total. The van der Waals surface area contributed by atoms with E-state index in [4.69, 9.17) is 4.74 Å². The molecule has 0 bridgehead atoms. The van der Waals surface area contributed by atoms with Gasteiger partial charge in [0.25, 0.3) is 5.19 Å². The molecule has 0 aliphatic carbocycles. The molecular formula is C9H6BrFN2OS. The third-order valence-electron chi connectivity index (χ3n) is 1.60. The molecule has 0 N–H and O–H groups in total. The monoisotopic (exact) mass is 288 g/mol. The summed E-state index contributed by atoms with van der Waals surface area (Å²) in [6.45, 7) is 1.83. The Morgan fingerprint density at radius 3 is 2.80 bits per heavy atom. The highest BCUT2D eigenvalue weighted by Gasteiger charge is 2.05. The van der Waals surface area contributed by atoms with Gasteiger partial charge in [-0.3, -0.25) is 0 Å². The maximum absolute atomic E-state index is 13.1. The highest BCUT2D eigenvalue weighted by Crippen LogP contribution is 2.27. The predicted molar refractivity (Wildman–Crippen MR) is 58.8 cm³/mol. The molecule has 0 saturated carbocycles. The fourth-order valence-electron chi connectivity index (χ4n) is 0.961. The van der Waals surface area contributed by atoms with Gasteiger partial charge >= 0.3 is 0 Å². The van der Waals surface area contributed by atoms with E-state index >= 15 is 0 Å². The largest absolute Gasteiger partial charge is 0.430 e. The molecule has 0 unspecified atom stereocenters. The van der Waals surface area contributed by atoms with Gasteiger partial charge in [-0.15, -0.1) is 5.10 Å². The fraction of sp³-hybridized carbons (Fsp3) is 0.111. The average molecular weight is 289 g/mol. The number of ether oxygens (including phenoxy) is 1. The van der Waals surface area contributed by atoms with E-state index in [0.29, 0.717) is 15.4 Å². The minimum absolute atomic E-state index is 0.367. The lowest BCUT2D eigenvalue weighted by molar-refractivity contribution is 0.467. The first-order valence-corrected chi connectivity index (χ1v) is 5.69. The lowest BCUT2D eigenvalue weighted by Crippen LogP contribution is -1.85. The Hall–Kier alpha value is -1.01. The highest BCUT2D eigenvalue weighted by atomic mass is 79.9. The summed E-state index contributed by atoms with van der Waals surface area (Å²) in [7, 11) is 0. The second kappa shape index (κ2) is 4.24. The summed E-state index contributed by atoms with van der Waals surface area (Å²) in [5.74, 6) is 0.0422. The Bertz CT molecular complexity index is 489. The molecule has 0 aliphatic rings. The van der Waals surface area contributed by atoms with Crippen LogP contribution in [0.15, 0.2) is 22.7 Å². The van der Waals surface area contributed by atoms with Gasteiger partial charge in [0.1, 0.15) is 16.6 Å². The Balaban J connectivity index is 2.21. The van der Waals surface area contributed by atoms with Crippen LogP contribution in [0.5, 0.6) is 10.9 Å². The van der Waals surface area contributed by atoms with E-state index in [2.05, 4.69) is 26.1 Å². The van der Waals surface area contributed by atoms with E-state index in [9.17, 15) is 4.39 Å². The molecule has 0 fully saturated rings. The first kappa shape index (κ1) is 10.5. The van der Waals surface area contributed by atoms with Crippen molar-refractivity contribution >= 4 is 27.3 Å². The summed E-state index contributed by atoms with van der Waals surface area (Å²) in [6, 6.07) is 4.53. The van der Waals surface area contributed by atoms with Gasteiger partial charge in [0, 0.05) is 6.07 Å². The van der Waals surface area contributed by atoms with Crippen LogP contribution in [-0.4, -0.2) is 10.2 Å². The number of rotatable bonds is 2. The SMILES string of the molecule is Cc1nnc(Oc2ccc(Br)c(F)c2)s1. The molecule has 1 aromatic carbocycles. The van der Waals surface area contributed by atoms with Crippen LogP contribution in [-0.2, 0) is 0 Å². The van der Waals surface area contributed by atoms with E-state index in [1.807, 2.05) is 6.92 Å². The Morgan fingerprint density at radius 2 is 2.20 bits per heavy atom. The molecule has 0 aliphatic heterocycles. The van der Waals surface area contributed by atoms with Crippen LogP contribution in [0.2, 0.25) is 0 Å². The number of halogens is 2. The topological polar surface area (TPSA) is 35.0 Å². The van der Waals surface area contributed by atoms with E-state index in [1.165, 1.54) is 17.4 Å². The van der Waals surface area contributed by atoms with Crippen molar-refractivity contribution in [2.45, 2.75) is 6.92 Å². The molecule has 1 aromatic heterocycles. The van der Waals surface area contributed by atoms with Crippen LogP contribution in [0.1, 0.15) is 5.01 Å². The Morgan fingerprint density at radius 1 is 1.40 bits per heavy atom. The summed E-state index contributed by atoms with van der Waals surface area (Å²) in [4.78, 5) is 0. The van der Waals surface area contributed by atoms with Crippen LogP contribution in [0, 0.1) is 12.7 Å². The van der Waals surface area contributed by atoms with Gasteiger partial charge in [0.2, 0.25) is 0 Å². The number of benzene rings is 1. The van der Waals surface area contributed by atoms with Gasteiger partial charge in [-0.25, -0.2) is 4.39 Å². The van der Waals surface area contributed by atoms with Crippen molar-refractivity contribution in [3.8, 4) is 10.9 Å².